The highest BCUT2D eigenvalue weighted by atomic mass is 16.6. The average Bonchev–Trinajstić information content (AvgIpc) is 2.44. The summed E-state index contributed by atoms with van der Waals surface area (Å²) in [5, 5.41) is 14.0. The summed E-state index contributed by atoms with van der Waals surface area (Å²) in [4.78, 5) is 21.5. The van der Waals surface area contributed by atoms with Gasteiger partial charge >= 0.3 is 5.97 Å². The predicted molar refractivity (Wildman–Crippen MR) is 77.2 cm³/mol. The molecule has 7 nitrogen and oxygen atoms in total. The summed E-state index contributed by atoms with van der Waals surface area (Å²) >= 11 is 0. The molecule has 116 valence electrons. The van der Waals surface area contributed by atoms with Crippen molar-refractivity contribution in [3.8, 4) is 5.75 Å². The van der Waals surface area contributed by atoms with Crippen molar-refractivity contribution in [3.05, 3.63) is 33.9 Å². The Morgan fingerprint density at radius 3 is 2.71 bits per heavy atom. The number of hydrogen-bond acceptors (Lipinski definition) is 6. The fraction of sp³-hybridized carbons (Fsp3) is 0.500. The molecule has 1 aromatic rings. The third kappa shape index (κ3) is 5.78. The zero-order valence-corrected chi connectivity index (χ0v) is 12.4. The third-order valence-corrected chi connectivity index (χ3v) is 2.70. The number of non-ortho nitro benzene ring substituents is 1. The lowest BCUT2D eigenvalue weighted by molar-refractivity contribution is -0.384. The van der Waals surface area contributed by atoms with E-state index in [1.54, 1.807) is 0 Å². The molecule has 0 bridgehead atoms. The van der Waals surface area contributed by atoms with Crippen molar-refractivity contribution in [1.82, 2.24) is 5.32 Å². The van der Waals surface area contributed by atoms with Crippen LogP contribution in [0.15, 0.2) is 18.2 Å². The molecule has 1 N–H and O–H groups in total. The van der Waals surface area contributed by atoms with E-state index in [0.717, 1.165) is 6.54 Å². The van der Waals surface area contributed by atoms with Crippen LogP contribution >= 0.6 is 0 Å². The van der Waals surface area contributed by atoms with Crippen LogP contribution in [0.5, 0.6) is 5.75 Å². The lowest BCUT2D eigenvalue weighted by Crippen LogP contribution is -2.20. The van der Waals surface area contributed by atoms with Gasteiger partial charge in [-0.1, -0.05) is 13.8 Å². The van der Waals surface area contributed by atoms with Gasteiger partial charge in [0.1, 0.15) is 5.75 Å². The van der Waals surface area contributed by atoms with Crippen molar-refractivity contribution in [3.63, 3.8) is 0 Å². The van der Waals surface area contributed by atoms with Gasteiger partial charge in [0, 0.05) is 24.2 Å². The van der Waals surface area contributed by atoms with Crippen LogP contribution < -0.4 is 10.1 Å². The lowest BCUT2D eigenvalue weighted by Gasteiger charge is -2.12. The average molecular weight is 296 g/mol. The number of carbonyl (C=O) groups excluding carboxylic acids is 1. The van der Waals surface area contributed by atoms with Crippen LogP contribution in [0.4, 0.5) is 5.69 Å². The van der Waals surface area contributed by atoms with Crippen molar-refractivity contribution >= 4 is 11.7 Å². The molecule has 1 aromatic carbocycles. The van der Waals surface area contributed by atoms with Crippen LogP contribution in [-0.4, -0.2) is 31.2 Å². The molecule has 0 aromatic heterocycles. The molecule has 0 saturated heterocycles. The van der Waals surface area contributed by atoms with Gasteiger partial charge in [-0.3, -0.25) is 10.1 Å². The fourth-order valence-corrected chi connectivity index (χ4v) is 1.65. The summed E-state index contributed by atoms with van der Waals surface area (Å²) in [5.41, 5.74) is 0.621. The Morgan fingerprint density at radius 1 is 1.43 bits per heavy atom. The summed E-state index contributed by atoms with van der Waals surface area (Å²) in [5.74, 6) is 0.389. The largest absolute Gasteiger partial charge is 0.482 e. The first-order valence-corrected chi connectivity index (χ1v) is 6.61. The van der Waals surface area contributed by atoms with Crippen molar-refractivity contribution in [2.75, 3.05) is 20.3 Å². The summed E-state index contributed by atoms with van der Waals surface area (Å²) < 4.78 is 9.84. The molecule has 21 heavy (non-hydrogen) atoms. The van der Waals surface area contributed by atoms with E-state index in [1.807, 2.05) is 0 Å². The fourth-order valence-electron chi connectivity index (χ4n) is 1.65. The molecule has 0 amide bonds. The van der Waals surface area contributed by atoms with Crippen LogP contribution in [0, 0.1) is 16.0 Å². The molecule has 0 unspecified atom stereocenters. The van der Waals surface area contributed by atoms with E-state index in [0.29, 0.717) is 23.8 Å². The molecular formula is C14H20N2O5. The van der Waals surface area contributed by atoms with E-state index in [-0.39, 0.29) is 12.3 Å². The molecule has 0 aliphatic rings. The minimum atomic E-state index is -0.505. The third-order valence-electron chi connectivity index (χ3n) is 2.70. The van der Waals surface area contributed by atoms with Crippen molar-refractivity contribution in [1.29, 1.82) is 0 Å². The van der Waals surface area contributed by atoms with Gasteiger partial charge in [-0.05, 0) is 18.5 Å². The van der Waals surface area contributed by atoms with E-state index in [4.69, 9.17) is 4.74 Å². The molecule has 1 rings (SSSR count). The zero-order chi connectivity index (χ0) is 15.8. The number of benzene rings is 1. The number of nitro groups is 1. The van der Waals surface area contributed by atoms with Gasteiger partial charge in [0.2, 0.25) is 0 Å². The maximum atomic E-state index is 11.1. The highest BCUT2D eigenvalue weighted by molar-refractivity contribution is 5.71. The van der Waals surface area contributed by atoms with Crippen LogP contribution in [0.3, 0.4) is 0 Å². The van der Waals surface area contributed by atoms with Crippen LogP contribution in [0.1, 0.15) is 19.4 Å². The quantitative estimate of drug-likeness (QED) is 0.447. The van der Waals surface area contributed by atoms with Crippen LogP contribution in [0.25, 0.3) is 0 Å². The smallest absolute Gasteiger partial charge is 0.343 e. The Hall–Kier alpha value is -2.15. The predicted octanol–water partition coefficient (Wildman–Crippen LogP) is 1.89. The van der Waals surface area contributed by atoms with Crippen molar-refractivity contribution in [2.24, 2.45) is 5.92 Å². The summed E-state index contributed by atoms with van der Waals surface area (Å²) in [7, 11) is 1.27. The number of carbonyl (C=O) groups is 1. The Kier molecular flexibility index (Phi) is 6.61. The van der Waals surface area contributed by atoms with Crippen molar-refractivity contribution < 1.29 is 19.2 Å². The molecule has 0 saturated carbocycles. The van der Waals surface area contributed by atoms with E-state index >= 15 is 0 Å². The number of hydrogen-bond donors (Lipinski definition) is 1. The first-order valence-electron chi connectivity index (χ1n) is 6.61. The zero-order valence-electron chi connectivity index (χ0n) is 12.4. The molecule has 0 aliphatic carbocycles. The van der Waals surface area contributed by atoms with E-state index in [1.165, 1.54) is 25.3 Å². The maximum Gasteiger partial charge on any atom is 0.343 e. The van der Waals surface area contributed by atoms with Crippen LogP contribution in [0.2, 0.25) is 0 Å². The number of ether oxygens (including phenoxy) is 2. The Balaban J connectivity index is 2.83. The summed E-state index contributed by atoms with van der Waals surface area (Å²) in [6.07, 6.45) is 0. The number of rotatable bonds is 8. The number of nitrogens with zero attached hydrogens (tertiary/aromatic N) is 1. The normalized spacial score (nSPS) is 10.5. The highest BCUT2D eigenvalue weighted by Gasteiger charge is 2.13. The van der Waals surface area contributed by atoms with Gasteiger partial charge < -0.3 is 14.8 Å². The number of esters is 1. The van der Waals surface area contributed by atoms with E-state index in [9.17, 15) is 14.9 Å². The lowest BCUT2D eigenvalue weighted by atomic mass is 10.1. The van der Waals surface area contributed by atoms with Gasteiger partial charge in [0.05, 0.1) is 12.0 Å². The molecule has 0 spiro atoms. The molecule has 0 heterocycles. The first kappa shape index (κ1) is 16.9. The molecule has 0 atom stereocenters. The number of methoxy groups -OCH3 is 1. The van der Waals surface area contributed by atoms with Gasteiger partial charge in [-0.15, -0.1) is 0 Å². The minimum Gasteiger partial charge on any atom is -0.482 e. The summed E-state index contributed by atoms with van der Waals surface area (Å²) in [6.45, 7) is 5.10. The standard InChI is InChI=1S/C14H20N2O5/c1-10(2)7-15-8-11-6-12(16(18)19)4-5-13(11)21-9-14(17)20-3/h4-6,10,15H,7-9H2,1-3H3. The highest BCUT2D eigenvalue weighted by Crippen LogP contribution is 2.24. The maximum absolute atomic E-state index is 11.1. The van der Waals surface area contributed by atoms with Gasteiger partial charge in [0.25, 0.3) is 5.69 Å². The van der Waals surface area contributed by atoms with Gasteiger partial charge in [-0.25, -0.2) is 4.79 Å². The Bertz CT molecular complexity index is 502. The second kappa shape index (κ2) is 8.21. The molecular weight excluding hydrogens is 276 g/mol. The molecule has 0 fully saturated rings. The Labute approximate surface area is 123 Å². The topological polar surface area (TPSA) is 90.7 Å². The van der Waals surface area contributed by atoms with E-state index in [2.05, 4.69) is 23.9 Å². The summed E-state index contributed by atoms with van der Waals surface area (Å²) in [6, 6.07) is 4.28. The minimum absolute atomic E-state index is 0.0123. The Morgan fingerprint density at radius 2 is 2.14 bits per heavy atom. The van der Waals surface area contributed by atoms with Gasteiger partial charge in [-0.2, -0.15) is 0 Å². The van der Waals surface area contributed by atoms with Crippen LogP contribution in [-0.2, 0) is 16.1 Å². The SMILES string of the molecule is COC(=O)COc1ccc([N+](=O)[O-])cc1CNCC(C)C. The molecule has 7 heteroatoms. The monoisotopic (exact) mass is 296 g/mol. The molecule has 0 aliphatic heterocycles. The second-order valence-electron chi connectivity index (χ2n) is 4.94. The number of nitrogens with one attached hydrogen (secondary N) is 1. The van der Waals surface area contributed by atoms with Crippen molar-refractivity contribution in [2.45, 2.75) is 20.4 Å². The second-order valence-corrected chi connectivity index (χ2v) is 4.94. The van der Waals surface area contributed by atoms with Gasteiger partial charge in [0.15, 0.2) is 6.61 Å². The molecule has 0 radical (unpaired) electrons. The first-order chi connectivity index (χ1) is 9.93. The number of nitro benzene ring substituents is 1. The van der Waals surface area contributed by atoms with E-state index < -0.39 is 10.9 Å².